The molecule has 1 aliphatic rings. The van der Waals surface area contributed by atoms with E-state index in [0.717, 1.165) is 24.2 Å². The Balaban J connectivity index is 2.12. The van der Waals surface area contributed by atoms with Crippen LogP contribution in [0.1, 0.15) is 18.4 Å². The van der Waals surface area contributed by atoms with Gasteiger partial charge in [-0.1, -0.05) is 0 Å². The Labute approximate surface area is 112 Å². The molecular formula is C12H13BrFNOS. The summed E-state index contributed by atoms with van der Waals surface area (Å²) in [7, 11) is 0. The first-order valence-corrected chi connectivity index (χ1v) is 7.30. The van der Waals surface area contributed by atoms with Gasteiger partial charge < -0.3 is 5.32 Å². The van der Waals surface area contributed by atoms with Crippen LogP contribution in [-0.2, 0) is 4.79 Å². The van der Waals surface area contributed by atoms with Crippen molar-refractivity contribution in [2.24, 2.45) is 0 Å². The minimum atomic E-state index is -0.357. The number of halogens is 2. The van der Waals surface area contributed by atoms with Gasteiger partial charge in [-0.25, -0.2) is 4.39 Å². The molecule has 1 unspecified atom stereocenters. The smallest absolute Gasteiger partial charge is 0.237 e. The van der Waals surface area contributed by atoms with Crippen molar-refractivity contribution in [3.63, 3.8) is 0 Å². The molecule has 0 saturated carbocycles. The van der Waals surface area contributed by atoms with Crippen LogP contribution in [0.5, 0.6) is 0 Å². The molecule has 2 nitrogen and oxygen atoms in total. The molecule has 2 rings (SSSR count). The number of carbonyl (C=O) groups excluding carboxylic acids is 1. The van der Waals surface area contributed by atoms with Crippen LogP contribution in [0.4, 0.5) is 10.1 Å². The molecular weight excluding hydrogens is 305 g/mol. The third kappa shape index (κ3) is 3.01. The largest absolute Gasteiger partial charge is 0.325 e. The van der Waals surface area contributed by atoms with Crippen LogP contribution >= 0.6 is 27.7 Å². The van der Waals surface area contributed by atoms with Gasteiger partial charge in [0.15, 0.2) is 0 Å². The van der Waals surface area contributed by atoms with Gasteiger partial charge in [-0.3, -0.25) is 4.79 Å². The lowest BCUT2D eigenvalue weighted by Gasteiger charge is -2.12. The number of anilines is 1. The van der Waals surface area contributed by atoms with Gasteiger partial charge in [0.1, 0.15) is 5.82 Å². The molecule has 1 N–H and O–H groups in total. The molecule has 17 heavy (non-hydrogen) atoms. The molecule has 0 spiro atoms. The third-order valence-corrected chi connectivity index (χ3v) is 4.73. The number of rotatable bonds is 2. The maximum absolute atomic E-state index is 13.4. The second kappa shape index (κ2) is 5.40. The van der Waals surface area contributed by atoms with Crippen LogP contribution in [0, 0.1) is 12.7 Å². The molecule has 1 aliphatic heterocycles. The molecule has 0 radical (unpaired) electrons. The van der Waals surface area contributed by atoms with E-state index in [4.69, 9.17) is 0 Å². The highest BCUT2D eigenvalue weighted by Gasteiger charge is 2.23. The van der Waals surface area contributed by atoms with Gasteiger partial charge in [-0.2, -0.15) is 0 Å². The molecule has 5 heteroatoms. The fourth-order valence-corrected chi connectivity index (χ4v) is 3.40. The van der Waals surface area contributed by atoms with Crippen LogP contribution in [-0.4, -0.2) is 16.9 Å². The fourth-order valence-electron chi connectivity index (χ4n) is 1.78. The number of hydrogen-bond acceptors (Lipinski definition) is 2. The first-order valence-electron chi connectivity index (χ1n) is 5.46. The Kier molecular flexibility index (Phi) is 4.09. The van der Waals surface area contributed by atoms with Gasteiger partial charge in [0.2, 0.25) is 5.91 Å². The number of aryl methyl sites for hydroxylation is 1. The van der Waals surface area contributed by atoms with Crippen LogP contribution in [0.2, 0.25) is 0 Å². The Morgan fingerprint density at radius 2 is 2.35 bits per heavy atom. The van der Waals surface area contributed by atoms with E-state index in [9.17, 15) is 9.18 Å². The van der Waals surface area contributed by atoms with E-state index >= 15 is 0 Å². The summed E-state index contributed by atoms with van der Waals surface area (Å²) in [6.45, 7) is 1.85. The van der Waals surface area contributed by atoms with Gasteiger partial charge in [-0.15, -0.1) is 11.8 Å². The topological polar surface area (TPSA) is 29.1 Å². The average molecular weight is 318 g/mol. The quantitative estimate of drug-likeness (QED) is 0.900. The molecule has 1 amide bonds. The molecule has 1 heterocycles. The number of carbonyl (C=O) groups is 1. The van der Waals surface area contributed by atoms with Crippen molar-refractivity contribution >= 4 is 39.3 Å². The zero-order chi connectivity index (χ0) is 12.4. The van der Waals surface area contributed by atoms with Crippen LogP contribution < -0.4 is 5.32 Å². The molecule has 1 atom stereocenters. The highest BCUT2D eigenvalue weighted by molar-refractivity contribution is 9.10. The second-order valence-electron chi connectivity index (χ2n) is 4.07. The summed E-state index contributed by atoms with van der Waals surface area (Å²) in [5.41, 5.74) is 1.41. The van der Waals surface area contributed by atoms with Crippen LogP contribution in [0.25, 0.3) is 0 Å². The SMILES string of the molecule is Cc1cc(Br)c(F)cc1NC(=O)C1CCCS1. The van der Waals surface area contributed by atoms with Gasteiger partial charge in [-0.05, 0) is 59.1 Å². The molecule has 1 fully saturated rings. The highest BCUT2D eigenvalue weighted by atomic mass is 79.9. The highest BCUT2D eigenvalue weighted by Crippen LogP contribution is 2.29. The summed E-state index contributed by atoms with van der Waals surface area (Å²) >= 11 is 4.79. The van der Waals surface area contributed by atoms with Crippen molar-refractivity contribution in [1.29, 1.82) is 0 Å². The summed E-state index contributed by atoms with van der Waals surface area (Å²) in [5, 5.41) is 2.81. The number of benzene rings is 1. The van der Waals surface area contributed by atoms with E-state index in [1.165, 1.54) is 6.07 Å². The molecule has 0 bridgehead atoms. The predicted molar refractivity (Wildman–Crippen MR) is 72.9 cm³/mol. The van der Waals surface area contributed by atoms with Gasteiger partial charge in [0.05, 0.1) is 9.72 Å². The van der Waals surface area contributed by atoms with Crippen molar-refractivity contribution in [3.8, 4) is 0 Å². The first kappa shape index (κ1) is 12.9. The number of amides is 1. The molecule has 92 valence electrons. The van der Waals surface area contributed by atoms with Crippen LogP contribution in [0.3, 0.4) is 0 Å². The molecule has 0 aromatic heterocycles. The lowest BCUT2D eigenvalue weighted by Crippen LogP contribution is -2.23. The van der Waals surface area contributed by atoms with E-state index < -0.39 is 0 Å². The molecule has 0 aliphatic carbocycles. The van der Waals surface area contributed by atoms with E-state index in [2.05, 4.69) is 21.2 Å². The zero-order valence-corrected chi connectivity index (χ0v) is 11.8. The molecule has 1 saturated heterocycles. The third-order valence-electron chi connectivity index (χ3n) is 2.75. The summed E-state index contributed by atoms with van der Waals surface area (Å²) in [6, 6.07) is 3.03. The zero-order valence-electron chi connectivity index (χ0n) is 9.43. The fraction of sp³-hybridized carbons (Fsp3) is 0.417. The maximum atomic E-state index is 13.4. The van der Waals surface area contributed by atoms with Crippen LogP contribution in [0.15, 0.2) is 16.6 Å². The standard InChI is InChI=1S/C12H13BrFNOS/c1-7-5-8(13)9(14)6-10(7)15-12(16)11-3-2-4-17-11/h5-6,11H,2-4H2,1H3,(H,15,16). The summed E-state index contributed by atoms with van der Waals surface area (Å²) in [5.74, 6) is 0.661. The number of hydrogen-bond donors (Lipinski definition) is 1. The van der Waals surface area contributed by atoms with Gasteiger partial charge in [0, 0.05) is 5.69 Å². The Hall–Kier alpha value is -0.550. The normalized spacial score (nSPS) is 19.4. The van der Waals surface area contributed by atoms with Gasteiger partial charge in [0.25, 0.3) is 0 Å². The monoisotopic (exact) mass is 317 g/mol. The summed E-state index contributed by atoms with van der Waals surface area (Å²) < 4.78 is 13.8. The number of thioether (sulfide) groups is 1. The lowest BCUT2D eigenvalue weighted by atomic mass is 10.2. The molecule has 1 aromatic rings. The summed E-state index contributed by atoms with van der Waals surface area (Å²) in [6.07, 6.45) is 1.99. The van der Waals surface area contributed by atoms with E-state index in [1.807, 2.05) is 6.92 Å². The average Bonchev–Trinajstić information content (AvgIpc) is 2.79. The second-order valence-corrected chi connectivity index (χ2v) is 6.24. The minimum Gasteiger partial charge on any atom is -0.325 e. The first-order chi connectivity index (χ1) is 8.08. The Bertz CT molecular complexity index is 446. The van der Waals surface area contributed by atoms with Crippen molar-refractivity contribution in [2.75, 3.05) is 11.1 Å². The summed E-state index contributed by atoms with van der Waals surface area (Å²) in [4.78, 5) is 11.9. The van der Waals surface area contributed by atoms with Crippen molar-refractivity contribution < 1.29 is 9.18 Å². The van der Waals surface area contributed by atoms with Gasteiger partial charge >= 0.3 is 0 Å². The van der Waals surface area contributed by atoms with Crippen molar-refractivity contribution in [1.82, 2.24) is 0 Å². The van der Waals surface area contributed by atoms with Crippen molar-refractivity contribution in [2.45, 2.75) is 25.0 Å². The van der Waals surface area contributed by atoms with E-state index in [1.54, 1.807) is 17.8 Å². The predicted octanol–water partition coefficient (Wildman–Crippen LogP) is 3.73. The molecule has 1 aromatic carbocycles. The van der Waals surface area contributed by atoms with E-state index in [-0.39, 0.29) is 17.0 Å². The Morgan fingerprint density at radius 1 is 1.59 bits per heavy atom. The number of nitrogens with one attached hydrogen (secondary N) is 1. The Morgan fingerprint density at radius 3 is 3.00 bits per heavy atom. The van der Waals surface area contributed by atoms with Crippen molar-refractivity contribution in [3.05, 3.63) is 28.0 Å². The maximum Gasteiger partial charge on any atom is 0.237 e. The van der Waals surface area contributed by atoms with E-state index in [0.29, 0.717) is 10.2 Å². The minimum absolute atomic E-state index is 0.0149. The lowest BCUT2D eigenvalue weighted by molar-refractivity contribution is -0.115.